The van der Waals surface area contributed by atoms with Crippen LogP contribution in [0.2, 0.25) is 0 Å². The first-order valence-electron chi connectivity index (χ1n) is 6.68. The van der Waals surface area contributed by atoms with E-state index in [0.717, 1.165) is 12.4 Å². The van der Waals surface area contributed by atoms with Crippen molar-refractivity contribution in [2.75, 3.05) is 33.8 Å². The van der Waals surface area contributed by atoms with Gasteiger partial charge in [-0.3, -0.25) is 9.69 Å². The summed E-state index contributed by atoms with van der Waals surface area (Å²) in [5, 5.41) is 3.66. The standard InChI is InChI=1S/C13H17N5O3/c1-17-5-6-18(8-9(17)12-14-3-4-15-12)13(19)10-7-11(20-2)16-21-10/h3-4,7,9H,5-6,8H2,1-2H3,(H,14,15). The first-order chi connectivity index (χ1) is 10.2. The predicted molar refractivity (Wildman–Crippen MR) is 72.9 cm³/mol. The number of aromatic amines is 1. The summed E-state index contributed by atoms with van der Waals surface area (Å²) in [6.07, 6.45) is 3.50. The summed E-state index contributed by atoms with van der Waals surface area (Å²) in [7, 11) is 3.50. The van der Waals surface area contributed by atoms with Crippen LogP contribution in [0.1, 0.15) is 22.4 Å². The van der Waals surface area contributed by atoms with Gasteiger partial charge < -0.3 is 19.1 Å². The van der Waals surface area contributed by atoms with E-state index >= 15 is 0 Å². The van der Waals surface area contributed by atoms with Crippen molar-refractivity contribution in [1.29, 1.82) is 0 Å². The number of aromatic nitrogens is 3. The monoisotopic (exact) mass is 291 g/mol. The zero-order valence-corrected chi connectivity index (χ0v) is 11.9. The minimum atomic E-state index is -0.185. The van der Waals surface area contributed by atoms with E-state index in [9.17, 15) is 4.79 Å². The van der Waals surface area contributed by atoms with Crippen molar-refractivity contribution < 1.29 is 14.1 Å². The zero-order chi connectivity index (χ0) is 14.8. The van der Waals surface area contributed by atoms with Crippen LogP contribution in [0, 0.1) is 0 Å². The van der Waals surface area contributed by atoms with Crippen LogP contribution in [0.5, 0.6) is 5.88 Å². The third-order valence-electron chi connectivity index (χ3n) is 3.68. The van der Waals surface area contributed by atoms with Gasteiger partial charge in [-0.2, -0.15) is 0 Å². The molecule has 0 radical (unpaired) electrons. The highest BCUT2D eigenvalue weighted by Gasteiger charge is 2.31. The van der Waals surface area contributed by atoms with Gasteiger partial charge in [-0.25, -0.2) is 4.98 Å². The third-order valence-corrected chi connectivity index (χ3v) is 3.68. The van der Waals surface area contributed by atoms with Gasteiger partial charge in [0, 0.05) is 32.0 Å². The molecule has 0 aliphatic carbocycles. The summed E-state index contributed by atoms with van der Waals surface area (Å²) >= 11 is 0. The maximum Gasteiger partial charge on any atom is 0.292 e. The molecule has 0 bridgehead atoms. The molecule has 8 nitrogen and oxygen atoms in total. The van der Waals surface area contributed by atoms with Crippen molar-refractivity contribution in [2.45, 2.75) is 6.04 Å². The molecule has 1 fully saturated rings. The van der Waals surface area contributed by atoms with E-state index in [0.29, 0.717) is 19.0 Å². The molecule has 2 aromatic heterocycles. The number of rotatable bonds is 3. The number of carbonyl (C=O) groups is 1. The number of piperazine rings is 1. The third kappa shape index (κ3) is 2.62. The fourth-order valence-electron chi connectivity index (χ4n) is 2.42. The lowest BCUT2D eigenvalue weighted by Gasteiger charge is -2.37. The smallest absolute Gasteiger partial charge is 0.292 e. The molecule has 1 aliphatic heterocycles. The summed E-state index contributed by atoms with van der Waals surface area (Å²) in [6.45, 7) is 1.95. The predicted octanol–water partition coefficient (Wildman–Crippen LogP) is 0.535. The van der Waals surface area contributed by atoms with Crippen LogP contribution in [0.25, 0.3) is 0 Å². The number of hydrogen-bond donors (Lipinski definition) is 1. The molecule has 2 aromatic rings. The van der Waals surface area contributed by atoms with Crippen molar-refractivity contribution in [3.63, 3.8) is 0 Å². The maximum atomic E-state index is 12.4. The Hall–Kier alpha value is -2.35. The van der Waals surface area contributed by atoms with Gasteiger partial charge in [0.15, 0.2) is 0 Å². The summed E-state index contributed by atoms with van der Waals surface area (Å²) in [6, 6.07) is 1.55. The second kappa shape index (κ2) is 5.57. The minimum absolute atomic E-state index is 0.0440. The molecular weight excluding hydrogens is 274 g/mol. The molecule has 0 aromatic carbocycles. The molecule has 0 saturated carbocycles. The number of H-pyrrole nitrogens is 1. The van der Waals surface area contributed by atoms with E-state index in [-0.39, 0.29) is 17.7 Å². The number of carbonyl (C=O) groups excluding carboxylic acids is 1. The Labute approximate surface area is 121 Å². The molecule has 1 amide bonds. The Kier molecular flexibility index (Phi) is 3.61. The van der Waals surface area contributed by atoms with E-state index in [1.54, 1.807) is 17.3 Å². The van der Waals surface area contributed by atoms with Crippen LogP contribution in [-0.4, -0.2) is 64.6 Å². The number of likely N-dealkylation sites (N-methyl/N-ethyl adjacent to an activating group) is 1. The normalized spacial score (nSPS) is 19.7. The highest BCUT2D eigenvalue weighted by atomic mass is 16.5. The van der Waals surface area contributed by atoms with Gasteiger partial charge in [0.2, 0.25) is 5.76 Å². The van der Waals surface area contributed by atoms with Gasteiger partial charge in [0.05, 0.1) is 19.2 Å². The summed E-state index contributed by atoms with van der Waals surface area (Å²) in [4.78, 5) is 23.7. The Morgan fingerprint density at radius 1 is 1.52 bits per heavy atom. The van der Waals surface area contributed by atoms with Gasteiger partial charge in [-0.1, -0.05) is 0 Å². The average molecular weight is 291 g/mol. The highest BCUT2D eigenvalue weighted by molar-refractivity contribution is 5.91. The van der Waals surface area contributed by atoms with Gasteiger partial charge in [-0.05, 0) is 12.2 Å². The lowest BCUT2D eigenvalue weighted by atomic mass is 10.1. The van der Waals surface area contributed by atoms with E-state index in [1.165, 1.54) is 13.2 Å². The van der Waals surface area contributed by atoms with E-state index in [1.807, 2.05) is 7.05 Å². The number of methoxy groups -OCH3 is 1. The zero-order valence-electron chi connectivity index (χ0n) is 11.9. The quantitative estimate of drug-likeness (QED) is 0.888. The minimum Gasteiger partial charge on any atom is -0.479 e. The first kappa shape index (κ1) is 13.6. The van der Waals surface area contributed by atoms with Crippen molar-refractivity contribution >= 4 is 5.91 Å². The number of ether oxygens (including phenoxy) is 1. The van der Waals surface area contributed by atoms with Crippen LogP contribution in [-0.2, 0) is 0 Å². The van der Waals surface area contributed by atoms with Crippen molar-refractivity contribution in [3.8, 4) is 5.88 Å². The Balaban J connectivity index is 1.75. The molecule has 1 aliphatic rings. The van der Waals surface area contributed by atoms with Gasteiger partial charge >= 0.3 is 0 Å². The molecule has 1 saturated heterocycles. The second-order valence-corrected chi connectivity index (χ2v) is 4.96. The molecule has 1 unspecified atom stereocenters. The van der Waals surface area contributed by atoms with E-state index in [4.69, 9.17) is 9.26 Å². The van der Waals surface area contributed by atoms with E-state index < -0.39 is 0 Å². The summed E-state index contributed by atoms with van der Waals surface area (Å²) in [5.41, 5.74) is 0. The summed E-state index contributed by atoms with van der Waals surface area (Å²) in [5.74, 6) is 1.16. The number of amides is 1. The van der Waals surface area contributed by atoms with E-state index in [2.05, 4.69) is 20.0 Å². The fourth-order valence-corrected chi connectivity index (χ4v) is 2.42. The molecule has 1 atom stereocenters. The van der Waals surface area contributed by atoms with Gasteiger partial charge in [0.25, 0.3) is 11.8 Å². The molecule has 1 N–H and O–H groups in total. The molecular formula is C13H17N5O3. The Morgan fingerprint density at radius 3 is 3.05 bits per heavy atom. The van der Waals surface area contributed by atoms with Crippen LogP contribution in [0.15, 0.2) is 23.0 Å². The number of nitrogens with zero attached hydrogens (tertiary/aromatic N) is 4. The fraction of sp³-hybridized carbons (Fsp3) is 0.462. The van der Waals surface area contributed by atoms with Crippen LogP contribution in [0.4, 0.5) is 0 Å². The Morgan fingerprint density at radius 2 is 2.38 bits per heavy atom. The number of imidazole rings is 1. The van der Waals surface area contributed by atoms with Crippen LogP contribution in [0.3, 0.4) is 0 Å². The average Bonchev–Trinajstić information content (AvgIpc) is 3.18. The molecule has 3 rings (SSSR count). The number of hydrogen-bond acceptors (Lipinski definition) is 6. The summed E-state index contributed by atoms with van der Waals surface area (Å²) < 4.78 is 9.95. The molecule has 3 heterocycles. The molecule has 21 heavy (non-hydrogen) atoms. The molecule has 112 valence electrons. The molecule has 8 heteroatoms. The van der Waals surface area contributed by atoms with Crippen molar-refractivity contribution in [3.05, 3.63) is 30.0 Å². The second-order valence-electron chi connectivity index (χ2n) is 4.96. The largest absolute Gasteiger partial charge is 0.479 e. The topological polar surface area (TPSA) is 87.5 Å². The van der Waals surface area contributed by atoms with Gasteiger partial charge in [-0.15, -0.1) is 0 Å². The lowest BCUT2D eigenvalue weighted by Crippen LogP contribution is -2.49. The SMILES string of the molecule is COc1cc(C(=O)N2CCN(C)C(c3ncc[nH]3)C2)on1. The van der Waals surface area contributed by atoms with Crippen molar-refractivity contribution in [2.24, 2.45) is 0 Å². The lowest BCUT2D eigenvalue weighted by molar-refractivity contribution is 0.0497. The van der Waals surface area contributed by atoms with Crippen LogP contribution < -0.4 is 4.74 Å². The molecule has 0 spiro atoms. The van der Waals surface area contributed by atoms with Gasteiger partial charge in [0.1, 0.15) is 5.82 Å². The van der Waals surface area contributed by atoms with Crippen LogP contribution >= 0.6 is 0 Å². The Bertz CT molecular complexity index is 609. The van der Waals surface area contributed by atoms with Crippen molar-refractivity contribution in [1.82, 2.24) is 24.9 Å². The first-order valence-corrected chi connectivity index (χ1v) is 6.68. The maximum absolute atomic E-state index is 12.4. The highest BCUT2D eigenvalue weighted by Crippen LogP contribution is 2.23. The number of nitrogens with one attached hydrogen (secondary N) is 1.